The average molecular weight is 422 g/mol. The number of rotatable bonds is 4. The van der Waals surface area contributed by atoms with Crippen LogP contribution in [0.25, 0.3) is 16.2 Å². The molecule has 0 aliphatic rings. The molecule has 1 atom stereocenters. The summed E-state index contributed by atoms with van der Waals surface area (Å²) in [5, 5.41) is 10.3. The first-order valence-corrected chi connectivity index (χ1v) is 9.20. The van der Waals surface area contributed by atoms with Crippen molar-refractivity contribution in [3.05, 3.63) is 63.4 Å². The number of aromatic amines is 2. The molecule has 4 rings (SSSR count). The van der Waals surface area contributed by atoms with E-state index in [1.54, 1.807) is 12.3 Å². The topological polar surface area (TPSA) is 108 Å². The minimum Gasteiger partial charge on any atom is -0.341 e. The van der Waals surface area contributed by atoms with E-state index >= 15 is 0 Å². The number of halogens is 3. The highest BCUT2D eigenvalue weighted by molar-refractivity contribution is 7.15. The zero-order chi connectivity index (χ0) is 20.8. The van der Waals surface area contributed by atoms with E-state index in [0.29, 0.717) is 16.2 Å². The van der Waals surface area contributed by atoms with Gasteiger partial charge in [0.15, 0.2) is 10.8 Å². The van der Waals surface area contributed by atoms with Gasteiger partial charge in [0.1, 0.15) is 5.69 Å². The van der Waals surface area contributed by atoms with Crippen LogP contribution in [0.5, 0.6) is 0 Å². The number of nitrogens with one attached hydrogen (secondary N) is 3. The summed E-state index contributed by atoms with van der Waals surface area (Å²) in [6, 6.07) is 4.27. The highest BCUT2D eigenvalue weighted by Gasteiger charge is 2.30. The van der Waals surface area contributed by atoms with Gasteiger partial charge in [-0.25, -0.2) is 14.9 Å². The molecule has 29 heavy (non-hydrogen) atoms. The van der Waals surface area contributed by atoms with Gasteiger partial charge < -0.3 is 5.32 Å². The molecule has 0 saturated carbocycles. The normalized spacial score (nSPS) is 13.0. The Balaban J connectivity index is 1.62. The lowest BCUT2D eigenvalue weighted by molar-refractivity contribution is -0.137. The molecule has 0 saturated heterocycles. The average Bonchev–Trinajstić information content (AvgIpc) is 3.36. The Labute approximate surface area is 164 Å². The molecular formula is C17H13F3N6O2S. The van der Waals surface area contributed by atoms with E-state index in [4.69, 9.17) is 0 Å². The molecule has 0 spiro atoms. The van der Waals surface area contributed by atoms with Crippen molar-refractivity contribution in [2.45, 2.75) is 19.1 Å². The third kappa shape index (κ3) is 3.66. The molecule has 0 aliphatic heterocycles. The number of carbonyl (C=O) groups excluding carboxylic acids is 1. The molecule has 0 unspecified atom stereocenters. The number of hydrogen-bond acceptors (Lipinski definition) is 5. The second-order valence-electron chi connectivity index (χ2n) is 6.24. The Hall–Kier alpha value is -3.41. The number of carbonyl (C=O) groups is 1. The summed E-state index contributed by atoms with van der Waals surface area (Å²) in [4.78, 5) is 31.0. The zero-order valence-electron chi connectivity index (χ0n) is 14.7. The number of H-pyrrole nitrogens is 2. The molecule has 1 amide bonds. The van der Waals surface area contributed by atoms with Gasteiger partial charge in [-0.2, -0.15) is 18.3 Å². The predicted molar refractivity (Wildman–Crippen MR) is 98.6 cm³/mol. The molecule has 0 bridgehead atoms. The summed E-state index contributed by atoms with van der Waals surface area (Å²) in [5.41, 5.74) is -0.378. The van der Waals surface area contributed by atoms with E-state index in [-0.39, 0.29) is 11.5 Å². The van der Waals surface area contributed by atoms with E-state index in [1.807, 2.05) is 0 Å². The Bertz CT molecular complexity index is 1250. The molecule has 4 aromatic rings. The molecule has 3 N–H and O–H groups in total. The summed E-state index contributed by atoms with van der Waals surface area (Å²) in [5.74, 6) is -0.175. The van der Waals surface area contributed by atoms with Crippen molar-refractivity contribution in [1.29, 1.82) is 0 Å². The smallest absolute Gasteiger partial charge is 0.341 e. The Morgan fingerprint density at radius 2 is 2.14 bits per heavy atom. The standard InChI is InChI=1S/C17H13F3N6O2S/c1-8(13-23-15(28)25-24-13)21-14(27)12-7-29-16-22-11(6-26(12)16)9-3-2-4-10(5-9)17(18,19)20/h2-8H,1H3,(H,21,27)(H2,23,24,25,28)/t8-/m0/s1. The Kier molecular flexibility index (Phi) is 4.49. The minimum atomic E-state index is -4.46. The molecule has 3 aromatic heterocycles. The number of imidazole rings is 1. The van der Waals surface area contributed by atoms with Crippen LogP contribution in [0.2, 0.25) is 0 Å². The second-order valence-corrected chi connectivity index (χ2v) is 7.07. The summed E-state index contributed by atoms with van der Waals surface area (Å²) in [7, 11) is 0. The summed E-state index contributed by atoms with van der Waals surface area (Å²) < 4.78 is 40.4. The van der Waals surface area contributed by atoms with Crippen molar-refractivity contribution in [2.24, 2.45) is 0 Å². The number of nitrogens with zero attached hydrogens (tertiary/aromatic N) is 3. The van der Waals surface area contributed by atoms with Gasteiger partial charge in [0.25, 0.3) is 5.91 Å². The Morgan fingerprint density at radius 1 is 1.34 bits per heavy atom. The molecule has 0 radical (unpaired) electrons. The fourth-order valence-corrected chi connectivity index (χ4v) is 3.62. The van der Waals surface area contributed by atoms with Gasteiger partial charge in [0.05, 0.1) is 17.3 Å². The largest absolute Gasteiger partial charge is 0.416 e. The molecule has 0 fully saturated rings. The predicted octanol–water partition coefficient (Wildman–Crippen LogP) is 2.98. The lowest BCUT2D eigenvalue weighted by atomic mass is 10.1. The quantitative estimate of drug-likeness (QED) is 0.470. The number of fused-ring (bicyclic) bond motifs is 1. The Morgan fingerprint density at radius 3 is 2.83 bits per heavy atom. The van der Waals surface area contributed by atoms with E-state index in [1.165, 1.54) is 34.1 Å². The van der Waals surface area contributed by atoms with Crippen LogP contribution in [0.3, 0.4) is 0 Å². The van der Waals surface area contributed by atoms with Crippen molar-refractivity contribution in [3.8, 4) is 11.3 Å². The number of hydrogen-bond donors (Lipinski definition) is 3. The third-order valence-corrected chi connectivity index (χ3v) is 5.04. The SMILES string of the molecule is C[C@H](NC(=O)c1csc2nc(-c3cccc(C(F)(F)F)c3)cn12)c1n[nH]c(=O)[nH]1. The number of benzene rings is 1. The summed E-state index contributed by atoms with van der Waals surface area (Å²) in [6.45, 7) is 1.65. The summed E-state index contributed by atoms with van der Waals surface area (Å²) >= 11 is 1.18. The van der Waals surface area contributed by atoms with Crippen LogP contribution in [-0.2, 0) is 6.18 Å². The minimum absolute atomic E-state index is 0.264. The fraction of sp³-hybridized carbons (Fsp3) is 0.176. The number of thiazole rings is 1. The van der Waals surface area contributed by atoms with Crippen LogP contribution in [0.4, 0.5) is 13.2 Å². The maximum absolute atomic E-state index is 13.0. The molecular weight excluding hydrogens is 409 g/mol. The summed E-state index contributed by atoms with van der Waals surface area (Å²) in [6.07, 6.45) is -2.95. The van der Waals surface area contributed by atoms with Crippen LogP contribution >= 0.6 is 11.3 Å². The van der Waals surface area contributed by atoms with Gasteiger partial charge in [-0.3, -0.25) is 14.2 Å². The first kappa shape index (κ1) is 18.9. The van der Waals surface area contributed by atoms with Crippen molar-refractivity contribution < 1.29 is 18.0 Å². The highest BCUT2D eigenvalue weighted by atomic mass is 32.1. The van der Waals surface area contributed by atoms with E-state index in [9.17, 15) is 22.8 Å². The monoisotopic (exact) mass is 422 g/mol. The molecule has 0 aliphatic carbocycles. The molecule has 12 heteroatoms. The molecule has 150 valence electrons. The zero-order valence-corrected chi connectivity index (χ0v) is 15.6. The first-order valence-electron chi connectivity index (χ1n) is 8.32. The van der Waals surface area contributed by atoms with E-state index in [0.717, 1.165) is 12.1 Å². The number of amides is 1. The van der Waals surface area contributed by atoms with Gasteiger partial charge in [-0.15, -0.1) is 11.3 Å². The number of aromatic nitrogens is 5. The van der Waals surface area contributed by atoms with E-state index < -0.39 is 29.4 Å². The lowest BCUT2D eigenvalue weighted by Crippen LogP contribution is -2.28. The third-order valence-electron chi connectivity index (χ3n) is 4.20. The van der Waals surface area contributed by atoms with Gasteiger partial charge in [0, 0.05) is 17.1 Å². The van der Waals surface area contributed by atoms with Crippen LogP contribution in [0.15, 0.2) is 40.6 Å². The van der Waals surface area contributed by atoms with Crippen LogP contribution in [-0.4, -0.2) is 30.5 Å². The fourth-order valence-electron chi connectivity index (χ4n) is 2.77. The van der Waals surface area contributed by atoms with Crippen molar-refractivity contribution in [1.82, 2.24) is 29.9 Å². The maximum Gasteiger partial charge on any atom is 0.416 e. The van der Waals surface area contributed by atoms with Gasteiger partial charge in [-0.1, -0.05) is 12.1 Å². The van der Waals surface area contributed by atoms with Crippen molar-refractivity contribution in [3.63, 3.8) is 0 Å². The molecule has 8 nitrogen and oxygen atoms in total. The van der Waals surface area contributed by atoms with Gasteiger partial charge in [0.2, 0.25) is 0 Å². The lowest BCUT2D eigenvalue weighted by Gasteiger charge is -2.10. The van der Waals surface area contributed by atoms with Crippen molar-refractivity contribution >= 4 is 22.2 Å². The number of alkyl halides is 3. The van der Waals surface area contributed by atoms with Crippen LogP contribution in [0, 0.1) is 0 Å². The maximum atomic E-state index is 13.0. The van der Waals surface area contributed by atoms with E-state index in [2.05, 4.69) is 25.5 Å². The molecule has 1 aromatic carbocycles. The van der Waals surface area contributed by atoms with Gasteiger partial charge in [-0.05, 0) is 19.1 Å². The van der Waals surface area contributed by atoms with Crippen LogP contribution < -0.4 is 11.0 Å². The van der Waals surface area contributed by atoms with Crippen LogP contribution in [0.1, 0.15) is 34.8 Å². The van der Waals surface area contributed by atoms with Gasteiger partial charge >= 0.3 is 11.9 Å². The molecule has 3 heterocycles. The highest BCUT2D eigenvalue weighted by Crippen LogP contribution is 2.32. The first-order chi connectivity index (χ1) is 13.7. The second kappa shape index (κ2) is 6.88. The van der Waals surface area contributed by atoms with Crippen molar-refractivity contribution in [2.75, 3.05) is 0 Å².